The van der Waals surface area contributed by atoms with Gasteiger partial charge in [-0.15, -0.1) is 0 Å². The first-order chi connectivity index (χ1) is 6.75. The highest BCUT2D eigenvalue weighted by atomic mass is 16.4. The van der Waals surface area contributed by atoms with E-state index < -0.39 is 5.97 Å². The zero-order chi connectivity index (χ0) is 9.97. The van der Waals surface area contributed by atoms with Crippen LogP contribution in [0.15, 0.2) is 24.3 Å². The van der Waals surface area contributed by atoms with Crippen LogP contribution in [0.1, 0.15) is 12.2 Å². The summed E-state index contributed by atoms with van der Waals surface area (Å²) in [5.74, 6) is -0.0703. The first-order valence-electron chi connectivity index (χ1n) is 4.41. The van der Waals surface area contributed by atoms with Crippen LogP contribution in [0.3, 0.4) is 0 Å². The number of nitrogens with one attached hydrogen (secondary N) is 1. The van der Waals surface area contributed by atoms with Crippen molar-refractivity contribution in [1.82, 2.24) is 9.97 Å². The summed E-state index contributed by atoms with van der Waals surface area (Å²) in [6, 6.07) is 7.65. The fourth-order valence-corrected chi connectivity index (χ4v) is 1.35. The van der Waals surface area contributed by atoms with Crippen molar-refractivity contribution in [1.29, 1.82) is 0 Å². The molecule has 0 bridgehead atoms. The Balaban J connectivity index is 0.00000112. The van der Waals surface area contributed by atoms with Crippen molar-refractivity contribution >= 4 is 17.0 Å². The molecule has 5 heteroatoms. The molecular weight excluding hydrogens is 196 g/mol. The molecule has 5 nitrogen and oxygen atoms in total. The molecule has 0 saturated heterocycles. The lowest BCUT2D eigenvalue weighted by Crippen LogP contribution is -1.98. The SMILES string of the molecule is O.O=C(O)CCc1nc2ccccc2[nH]1. The van der Waals surface area contributed by atoms with Crippen molar-refractivity contribution in [3.05, 3.63) is 30.1 Å². The van der Waals surface area contributed by atoms with Crippen LogP contribution in [0, 0.1) is 0 Å². The van der Waals surface area contributed by atoms with E-state index in [1.165, 1.54) is 0 Å². The van der Waals surface area contributed by atoms with Crippen LogP contribution in [-0.4, -0.2) is 26.5 Å². The van der Waals surface area contributed by atoms with Crippen molar-refractivity contribution in [2.75, 3.05) is 0 Å². The number of carboxylic acids is 1. The van der Waals surface area contributed by atoms with Gasteiger partial charge in [-0.2, -0.15) is 0 Å². The molecule has 0 atom stereocenters. The average molecular weight is 208 g/mol. The Morgan fingerprint density at radius 1 is 1.40 bits per heavy atom. The van der Waals surface area contributed by atoms with Gasteiger partial charge in [0.25, 0.3) is 0 Å². The van der Waals surface area contributed by atoms with Gasteiger partial charge in [0.15, 0.2) is 0 Å². The van der Waals surface area contributed by atoms with Gasteiger partial charge in [0.2, 0.25) is 0 Å². The number of para-hydroxylation sites is 2. The monoisotopic (exact) mass is 208 g/mol. The van der Waals surface area contributed by atoms with Crippen LogP contribution >= 0.6 is 0 Å². The maximum absolute atomic E-state index is 10.3. The van der Waals surface area contributed by atoms with E-state index in [1.807, 2.05) is 24.3 Å². The molecule has 0 aliphatic rings. The standard InChI is InChI=1S/C10H10N2O2.H2O/c13-10(14)6-5-9-11-7-3-1-2-4-8(7)12-9;/h1-4H,5-6H2,(H,11,12)(H,13,14);1H2. The van der Waals surface area contributed by atoms with Gasteiger partial charge >= 0.3 is 5.97 Å². The predicted molar refractivity (Wildman–Crippen MR) is 55.7 cm³/mol. The molecule has 2 aromatic rings. The maximum Gasteiger partial charge on any atom is 0.303 e. The predicted octanol–water partition coefficient (Wildman–Crippen LogP) is 0.755. The van der Waals surface area contributed by atoms with Crippen molar-refractivity contribution in [3.63, 3.8) is 0 Å². The number of aliphatic carboxylic acids is 1. The molecule has 0 amide bonds. The number of imidazole rings is 1. The number of aromatic amines is 1. The average Bonchev–Trinajstić information content (AvgIpc) is 2.57. The Labute approximate surface area is 86.1 Å². The fraction of sp³-hybridized carbons (Fsp3) is 0.200. The lowest BCUT2D eigenvalue weighted by atomic mass is 10.3. The van der Waals surface area contributed by atoms with Crippen LogP contribution in [0.5, 0.6) is 0 Å². The lowest BCUT2D eigenvalue weighted by Gasteiger charge is -1.89. The summed E-state index contributed by atoms with van der Waals surface area (Å²) in [6.45, 7) is 0. The van der Waals surface area contributed by atoms with Gasteiger partial charge in [-0.1, -0.05) is 12.1 Å². The number of hydrogen-bond donors (Lipinski definition) is 2. The minimum absolute atomic E-state index is 0. The minimum Gasteiger partial charge on any atom is -0.481 e. The second kappa shape index (κ2) is 4.56. The number of aryl methyl sites for hydroxylation is 1. The van der Waals surface area contributed by atoms with E-state index in [4.69, 9.17) is 5.11 Å². The van der Waals surface area contributed by atoms with Crippen LogP contribution in [0.25, 0.3) is 11.0 Å². The fourth-order valence-electron chi connectivity index (χ4n) is 1.35. The third kappa shape index (κ3) is 2.54. The molecule has 15 heavy (non-hydrogen) atoms. The van der Waals surface area contributed by atoms with Gasteiger partial charge < -0.3 is 15.6 Å². The van der Waals surface area contributed by atoms with Gasteiger partial charge in [0.1, 0.15) is 5.82 Å². The Morgan fingerprint density at radius 3 is 2.80 bits per heavy atom. The highest BCUT2D eigenvalue weighted by molar-refractivity contribution is 5.75. The first-order valence-corrected chi connectivity index (χ1v) is 4.41. The highest BCUT2D eigenvalue weighted by Gasteiger charge is 2.03. The van der Waals surface area contributed by atoms with Gasteiger partial charge in [0, 0.05) is 6.42 Å². The van der Waals surface area contributed by atoms with Crippen LogP contribution < -0.4 is 0 Å². The van der Waals surface area contributed by atoms with Crippen molar-refractivity contribution < 1.29 is 15.4 Å². The second-order valence-electron chi connectivity index (χ2n) is 3.09. The number of carboxylic acid groups (broad SMARTS) is 1. The number of aromatic nitrogens is 2. The molecule has 2 rings (SSSR count). The molecular formula is C10H12N2O3. The third-order valence-corrected chi connectivity index (χ3v) is 2.01. The van der Waals surface area contributed by atoms with Gasteiger partial charge in [-0.05, 0) is 12.1 Å². The molecule has 1 aromatic heterocycles. The maximum atomic E-state index is 10.3. The molecule has 0 radical (unpaired) electrons. The van der Waals surface area contributed by atoms with Gasteiger partial charge in [-0.25, -0.2) is 4.98 Å². The minimum atomic E-state index is -0.801. The molecule has 80 valence electrons. The smallest absolute Gasteiger partial charge is 0.303 e. The molecule has 4 N–H and O–H groups in total. The van der Waals surface area contributed by atoms with E-state index >= 15 is 0 Å². The van der Waals surface area contributed by atoms with E-state index in [0.717, 1.165) is 16.9 Å². The number of hydrogen-bond acceptors (Lipinski definition) is 2. The zero-order valence-corrected chi connectivity index (χ0v) is 8.03. The van der Waals surface area contributed by atoms with Crippen LogP contribution in [0.2, 0.25) is 0 Å². The molecule has 0 aliphatic heterocycles. The molecule has 0 saturated carbocycles. The zero-order valence-electron chi connectivity index (χ0n) is 8.03. The number of nitrogens with zero attached hydrogens (tertiary/aromatic N) is 1. The van der Waals surface area contributed by atoms with E-state index in [2.05, 4.69) is 9.97 Å². The highest BCUT2D eigenvalue weighted by Crippen LogP contribution is 2.10. The van der Waals surface area contributed by atoms with Crippen molar-refractivity contribution in [2.45, 2.75) is 12.8 Å². The normalized spacial score (nSPS) is 9.87. The summed E-state index contributed by atoms with van der Waals surface area (Å²) in [4.78, 5) is 17.7. The van der Waals surface area contributed by atoms with Crippen molar-refractivity contribution in [3.8, 4) is 0 Å². The summed E-state index contributed by atoms with van der Waals surface area (Å²) in [6.07, 6.45) is 0.559. The van der Waals surface area contributed by atoms with E-state index in [1.54, 1.807) is 0 Å². The van der Waals surface area contributed by atoms with Gasteiger partial charge in [-0.3, -0.25) is 4.79 Å². The van der Waals surface area contributed by atoms with E-state index in [9.17, 15) is 4.79 Å². The number of fused-ring (bicyclic) bond motifs is 1. The second-order valence-corrected chi connectivity index (χ2v) is 3.09. The van der Waals surface area contributed by atoms with E-state index in [0.29, 0.717) is 6.42 Å². The Hall–Kier alpha value is -1.88. The van der Waals surface area contributed by atoms with E-state index in [-0.39, 0.29) is 11.9 Å². The number of carbonyl (C=O) groups is 1. The molecule has 0 unspecified atom stereocenters. The quantitative estimate of drug-likeness (QED) is 0.778. The topological polar surface area (TPSA) is 97.5 Å². The Bertz CT molecular complexity index is 431. The number of benzene rings is 1. The first kappa shape index (κ1) is 11.2. The van der Waals surface area contributed by atoms with Gasteiger partial charge in [0.05, 0.1) is 17.5 Å². The van der Waals surface area contributed by atoms with Crippen LogP contribution in [-0.2, 0) is 11.2 Å². The molecule has 1 heterocycles. The summed E-state index contributed by atoms with van der Waals surface area (Å²) in [7, 11) is 0. The summed E-state index contributed by atoms with van der Waals surface area (Å²) < 4.78 is 0. The molecule has 1 aromatic carbocycles. The van der Waals surface area contributed by atoms with Crippen LogP contribution in [0.4, 0.5) is 0 Å². The number of rotatable bonds is 3. The summed E-state index contributed by atoms with van der Waals surface area (Å²) in [5.41, 5.74) is 1.83. The third-order valence-electron chi connectivity index (χ3n) is 2.01. The lowest BCUT2D eigenvalue weighted by molar-refractivity contribution is -0.137. The Morgan fingerprint density at radius 2 is 2.13 bits per heavy atom. The molecule has 0 fully saturated rings. The Kier molecular flexibility index (Phi) is 3.41. The molecule has 0 aliphatic carbocycles. The largest absolute Gasteiger partial charge is 0.481 e. The summed E-state index contributed by atoms with van der Waals surface area (Å²) in [5, 5.41) is 8.51. The molecule has 0 spiro atoms. The summed E-state index contributed by atoms with van der Waals surface area (Å²) >= 11 is 0. The number of H-pyrrole nitrogens is 1. The van der Waals surface area contributed by atoms with Crippen molar-refractivity contribution in [2.24, 2.45) is 0 Å².